The maximum absolute atomic E-state index is 12.4. The first-order valence-electron chi connectivity index (χ1n) is 8.05. The monoisotopic (exact) mass is 344 g/mol. The van der Waals surface area contributed by atoms with Crippen LogP contribution in [0.4, 0.5) is 13.2 Å². The highest BCUT2D eigenvalue weighted by molar-refractivity contribution is 5.78. The van der Waals surface area contributed by atoms with Crippen molar-refractivity contribution in [2.24, 2.45) is 5.92 Å². The molecule has 4 nitrogen and oxygen atoms in total. The molecule has 0 aliphatic carbocycles. The van der Waals surface area contributed by atoms with Crippen LogP contribution in [-0.2, 0) is 11.3 Å². The number of amides is 1. The summed E-state index contributed by atoms with van der Waals surface area (Å²) in [6, 6.07) is 5.32. The smallest absolute Gasteiger partial charge is 0.422 e. The Morgan fingerprint density at radius 3 is 2.83 bits per heavy atom. The van der Waals surface area contributed by atoms with E-state index in [1.807, 2.05) is 6.92 Å². The Bertz CT molecular complexity index is 575. The number of piperidine rings is 1. The number of alkyl halides is 3. The molecule has 0 saturated carbocycles. The van der Waals surface area contributed by atoms with Crippen LogP contribution in [0.1, 0.15) is 30.9 Å². The first-order valence-corrected chi connectivity index (χ1v) is 8.05. The fraction of sp³-hybridized carbons (Fsp3) is 0.588. The number of ether oxygens (including phenoxy) is 1. The summed E-state index contributed by atoms with van der Waals surface area (Å²) in [5.41, 5.74) is 1.34. The number of carbonyl (C=O) groups excluding carboxylic acids is 1. The number of benzene rings is 1. The summed E-state index contributed by atoms with van der Waals surface area (Å²) in [6.07, 6.45) is -2.87. The van der Waals surface area contributed by atoms with E-state index >= 15 is 0 Å². The molecule has 0 spiro atoms. The SMILES string of the molecule is Cc1ccc(CNC(=O)[C@H]2CCN[C@@H](C)C2)c(OCC(F)(F)F)c1. The summed E-state index contributed by atoms with van der Waals surface area (Å²) >= 11 is 0. The van der Waals surface area contributed by atoms with Gasteiger partial charge < -0.3 is 15.4 Å². The minimum atomic E-state index is -4.39. The van der Waals surface area contributed by atoms with Gasteiger partial charge in [0.25, 0.3) is 0 Å². The third kappa shape index (κ3) is 5.70. The molecule has 0 unspecified atom stereocenters. The van der Waals surface area contributed by atoms with Crippen molar-refractivity contribution < 1.29 is 22.7 Å². The van der Waals surface area contributed by atoms with Gasteiger partial charge in [-0.2, -0.15) is 13.2 Å². The zero-order chi connectivity index (χ0) is 17.7. The number of rotatable bonds is 5. The Hall–Kier alpha value is -1.76. The van der Waals surface area contributed by atoms with Crippen molar-refractivity contribution >= 4 is 5.91 Å². The van der Waals surface area contributed by atoms with Crippen molar-refractivity contribution in [1.29, 1.82) is 0 Å². The zero-order valence-electron chi connectivity index (χ0n) is 13.9. The molecule has 1 aliphatic rings. The molecule has 2 N–H and O–H groups in total. The molecule has 0 radical (unpaired) electrons. The summed E-state index contributed by atoms with van der Waals surface area (Å²) in [5, 5.41) is 6.10. The molecular weight excluding hydrogens is 321 g/mol. The van der Waals surface area contributed by atoms with Crippen LogP contribution in [0.5, 0.6) is 5.75 Å². The Morgan fingerprint density at radius 1 is 1.42 bits per heavy atom. The van der Waals surface area contributed by atoms with Crippen LogP contribution in [0.3, 0.4) is 0 Å². The van der Waals surface area contributed by atoms with Crippen molar-refractivity contribution in [3.8, 4) is 5.75 Å². The number of aryl methyl sites for hydroxylation is 1. The van der Waals surface area contributed by atoms with Gasteiger partial charge >= 0.3 is 6.18 Å². The molecule has 134 valence electrons. The molecule has 1 heterocycles. The lowest BCUT2D eigenvalue weighted by Gasteiger charge is -2.27. The van der Waals surface area contributed by atoms with Gasteiger partial charge in [0.15, 0.2) is 6.61 Å². The Balaban J connectivity index is 1.97. The quantitative estimate of drug-likeness (QED) is 0.863. The van der Waals surface area contributed by atoms with E-state index < -0.39 is 12.8 Å². The third-order valence-electron chi connectivity index (χ3n) is 4.06. The van der Waals surface area contributed by atoms with Gasteiger partial charge in [0.2, 0.25) is 5.91 Å². The predicted molar refractivity (Wildman–Crippen MR) is 84.8 cm³/mol. The molecule has 1 aliphatic heterocycles. The van der Waals surface area contributed by atoms with Crippen molar-refractivity contribution in [2.75, 3.05) is 13.2 Å². The van der Waals surface area contributed by atoms with Gasteiger partial charge in [-0.25, -0.2) is 0 Å². The molecule has 2 rings (SSSR count). The second-order valence-electron chi connectivity index (χ2n) is 6.31. The highest BCUT2D eigenvalue weighted by Gasteiger charge is 2.29. The molecule has 1 fully saturated rings. The maximum Gasteiger partial charge on any atom is 0.422 e. The van der Waals surface area contributed by atoms with Gasteiger partial charge in [-0.05, 0) is 44.9 Å². The van der Waals surface area contributed by atoms with Crippen LogP contribution in [0.2, 0.25) is 0 Å². The minimum absolute atomic E-state index is 0.0637. The molecule has 2 atom stereocenters. The van der Waals surface area contributed by atoms with Gasteiger partial charge in [0.1, 0.15) is 5.75 Å². The highest BCUT2D eigenvalue weighted by atomic mass is 19.4. The van der Waals surface area contributed by atoms with Crippen LogP contribution in [0, 0.1) is 12.8 Å². The second kappa shape index (κ2) is 7.88. The van der Waals surface area contributed by atoms with E-state index in [0.717, 1.165) is 24.9 Å². The maximum atomic E-state index is 12.4. The average molecular weight is 344 g/mol. The van der Waals surface area contributed by atoms with Crippen LogP contribution in [0.25, 0.3) is 0 Å². The Kier molecular flexibility index (Phi) is 6.10. The summed E-state index contributed by atoms with van der Waals surface area (Å²) in [5.74, 6) is 0.0308. The second-order valence-corrected chi connectivity index (χ2v) is 6.31. The minimum Gasteiger partial charge on any atom is -0.484 e. The van der Waals surface area contributed by atoms with E-state index in [0.29, 0.717) is 11.6 Å². The number of hydrogen-bond acceptors (Lipinski definition) is 3. The Labute approximate surface area is 139 Å². The van der Waals surface area contributed by atoms with Crippen LogP contribution in [0.15, 0.2) is 18.2 Å². The zero-order valence-corrected chi connectivity index (χ0v) is 13.9. The van der Waals surface area contributed by atoms with E-state index in [1.54, 1.807) is 25.1 Å². The number of nitrogens with one attached hydrogen (secondary N) is 2. The van der Waals surface area contributed by atoms with Crippen molar-refractivity contribution in [2.45, 2.75) is 45.5 Å². The van der Waals surface area contributed by atoms with E-state index in [1.165, 1.54) is 0 Å². The molecule has 7 heteroatoms. The van der Waals surface area contributed by atoms with Crippen molar-refractivity contribution in [3.05, 3.63) is 29.3 Å². The number of hydrogen-bond donors (Lipinski definition) is 2. The lowest BCUT2D eigenvalue weighted by atomic mass is 9.92. The molecule has 0 aromatic heterocycles. The molecule has 24 heavy (non-hydrogen) atoms. The molecule has 1 aromatic rings. The van der Waals surface area contributed by atoms with Crippen LogP contribution < -0.4 is 15.4 Å². The summed E-state index contributed by atoms with van der Waals surface area (Å²) in [6.45, 7) is 3.42. The summed E-state index contributed by atoms with van der Waals surface area (Å²) in [7, 11) is 0. The average Bonchev–Trinajstić information content (AvgIpc) is 2.51. The highest BCUT2D eigenvalue weighted by Crippen LogP contribution is 2.24. The fourth-order valence-corrected chi connectivity index (χ4v) is 2.80. The fourth-order valence-electron chi connectivity index (χ4n) is 2.80. The first-order chi connectivity index (χ1) is 11.2. The van der Waals surface area contributed by atoms with Gasteiger partial charge in [-0.1, -0.05) is 12.1 Å². The molecule has 1 aromatic carbocycles. The van der Waals surface area contributed by atoms with E-state index in [-0.39, 0.29) is 24.1 Å². The van der Waals surface area contributed by atoms with Gasteiger partial charge in [0, 0.05) is 24.1 Å². The molecule has 1 amide bonds. The standard InChI is InChI=1S/C17H23F3N2O2/c1-11-3-4-14(15(7-11)24-10-17(18,19)20)9-22-16(23)13-5-6-21-12(2)8-13/h3-4,7,12-13,21H,5-6,8-10H2,1-2H3,(H,22,23)/t12-,13-/m0/s1. The van der Waals surface area contributed by atoms with Crippen molar-refractivity contribution in [1.82, 2.24) is 10.6 Å². The first kappa shape index (κ1) is 18.6. The number of halogens is 3. The van der Waals surface area contributed by atoms with Crippen LogP contribution in [-0.4, -0.2) is 31.3 Å². The van der Waals surface area contributed by atoms with Crippen LogP contribution >= 0.6 is 0 Å². The largest absolute Gasteiger partial charge is 0.484 e. The molecule has 1 saturated heterocycles. The van der Waals surface area contributed by atoms with Gasteiger partial charge in [-0.15, -0.1) is 0 Å². The van der Waals surface area contributed by atoms with Gasteiger partial charge in [-0.3, -0.25) is 4.79 Å². The molecular formula is C17H23F3N2O2. The lowest BCUT2D eigenvalue weighted by Crippen LogP contribution is -2.42. The van der Waals surface area contributed by atoms with E-state index in [9.17, 15) is 18.0 Å². The van der Waals surface area contributed by atoms with Gasteiger partial charge in [0.05, 0.1) is 0 Å². The topological polar surface area (TPSA) is 50.4 Å². The lowest BCUT2D eigenvalue weighted by molar-refractivity contribution is -0.153. The molecule has 0 bridgehead atoms. The normalized spacial score (nSPS) is 21.4. The van der Waals surface area contributed by atoms with E-state index in [4.69, 9.17) is 4.74 Å². The van der Waals surface area contributed by atoms with Crippen molar-refractivity contribution in [3.63, 3.8) is 0 Å². The van der Waals surface area contributed by atoms with E-state index in [2.05, 4.69) is 10.6 Å². The summed E-state index contributed by atoms with van der Waals surface area (Å²) in [4.78, 5) is 12.3. The predicted octanol–water partition coefficient (Wildman–Crippen LogP) is 2.94. The summed E-state index contributed by atoms with van der Waals surface area (Å²) < 4.78 is 42.0. The number of carbonyl (C=O) groups is 1. The Morgan fingerprint density at radius 2 is 2.17 bits per heavy atom. The third-order valence-corrected chi connectivity index (χ3v) is 4.06.